The number of hydrogen-bond donors (Lipinski definition) is 1. The molecule has 19 heavy (non-hydrogen) atoms. The molecule has 1 aromatic carbocycles. The average Bonchev–Trinajstić information content (AvgIpc) is 2.37. The predicted octanol–water partition coefficient (Wildman–Crippen LogP) is 1.29. The topological polar surface area (TPSA) is 42.3 Å². The van der Waals surface area contributed by atoms with Crippen molar-refractivity contribution in [2.24, 2.45) is 0 Å². The Morgan fingerprint density at radius 1 is 1.32 bits per heavy atom. The maximum Gasteiger partial charge on any atom is 0.0991 e. The Balaban J connectivity index is 2.07. The zero-order chi connectivity index (χ0) is 13.8. The second-order valence-corrected chi connectivity index (χ2v) is 5.59. The second kappa shape index (κ2) is 6.05. The molecule has 0 spiro atoms. The number of likely N-dealkylation sites (N-methyl/N-ethyl adjacent to an activating group) is 1. The maximum atomic E-state index is 8.84. The van der Waals surface area contributed by atoms with E-state index in [1.165, 1.54) is 5.69 Å². The van der Waals surface area contributed by atoms with Crippen LogP contribution in [0.3, 0.4) is 0 Å². The van der Waals surface area contributed by atoms with Crippen LogP contribution in [0.2, 0.25) is 0 Å². The van der Waals surface area contributed by atoms with Gasteiger partial charge in [0.05, 0.1) is 11.6 Å². The van der Waals surface area contributed by atoms with E-state index in [4.69, 9.17) is 5.26 Å². The van der Waals surface area contributed by atoms with Crippen LogP contribution in [0.1, 0.15) is 12.5 Å². The fourth-order valence-electron chi connectivity index (χ4n) is 2.69. The lowest BCUT2D eigenvalue weighted by molar-refractivity contribution is 0.297. The van der Waals surface area contributed by atoms with Crippen LogP contribution in [0, 0.1) is 11.3 Å². The van der Waals surface area contributed by atoms with Crippen molar-refractivity contribution in [2.75, 3.05) is 38.6 Å². The van der Waals surface area contributed by atoms with E-state index in [1.807, 2.05) is 24.3 Å². The summed E-state index contributed by atoms with van der Waals surface area (Å²) >= 11 is 0. The highest BCUT2D eigenvalue weighted by Gasteiger charge is 2.24. The molecule has 4 nitrogen and oxygen atoms in total. The molecule has 2 rings (SSSR count). The summed E-state index contributed by atoms with van der Waals surface area (Å²) < 4.78 is 0. The first-order chi connectivity index (χ1) is 9.08. The largest absolute Gasteiger partial charge is 0.368 e. The SMILES string of the molecule is CC1CN(c2ccc(C#N)cc2)CC(CN(C)C)N1. The Morgan fingerprint density at radius 2 is 2.00 bits per heavy atom. The molecule has 0 amide bonds. The van der Waals surface area contributed by atoms with Gasteiger partial charge in [-0.25, -0.2) is 0 Å². The molecule has 0 aromatic heterocycles. The van der Waals surface area contributed by atoms with E-state index in [9.17, 15) is 0 Å². The lowest BCUT2D eigenvalue weighted by Gasteiger charge is -2.40. The molecule has 1 heterocycles. The van der Waals surface area contributed by atoms with Crippen LogP contribution in [0.5, 0.6) is 0 Å². The van der Waals surface area contributed by atoms with Gasteiger partial charge in [0.1, 0.15) is 0 Å². The molecule has 1 fully saturated rings. The average molecular weight is 258 g/mol. The Bertz CT molecular complexity index is 444. The summed E-state index contributed by atoms with van der Waals surface area (Å²) in [5, 5.41) is 12.5. The molecule has 2 atom stereocenters. The highest BCUT2D eigenvalue weighted by molar-refractivity contribution is 5.50. The van der Waals surface area contributed by atoms with Crippen LogP contribution < -0.4 is 10.2 Å². The molecule has 0 bridgehead atoms. The van der Waals surface area contributed by atoms with Gasteiger partial charge in [-0.05, 0) is 45.3 Å². The van der Waals surface area contributed by atoms with Crippen LogP contribution in [0.4, 0.5) is 5.69 Å². The number of nitrogens with one attached hydrogen (secondary N) is 1. The summed E-state index contributed by atoms with van der Waals surface area (Å²) in [4.78, 5) is 4.61. The van der Waals surface area contributed by atoms with Gasteiger partial charge in [0.15, 0.2) is 0 Å². The molecule has 1 N–H and O–H groups in total. The molecule has 1 saturated heterocycles. The minimum atomic E-state index is 0.481. The first-order valence-corrected chi connectivity index (χ1v) is 6.74. The summed E-state index contributed by atoms with van der Waals surface area (Å²) in [7, 11) is 4.21. The van der Waals surface area contributed by atoms with Crippen molar-refractivity contribution in [1.29, 1.82) is 5.26 Å². The van der Waals surface area contributed by atoms with Crippen molar-refractivity contribution >= 4 is 5.69 Å². The maximum absolute atomic E-state index is 8.84. The molecule has 0 saturated carbocycles. The van der Waals surface area contributed by atoms with Gasteiger partial charge in [-0.2, -0.15) is 5.26 Å². The number of piperazine rings is 1. The number of nitrogens with zero attached hydrogens (tertiary/aromatic N) is 3. The summed E-state index contributed by atoms with van der Waals surface area (Å²) in [6.07, 6.45) is 0. The summed E-state index contributed by atoms with van der Waals surface area (Å²) in [5.74, 6) is 0. The van der Waals surface area contributed by atoms with Crippen LogP contribution >= 0.6 is 0 Å². The molecular formula is C15H22N4. The molecular weight excluding hydrogens is 236 g/mol. The Labute approximate surface area is 115 Å². The predicted molar refractivity (Wildman–Crippen MR) is 78.3 cm³/mol. The van der Waals surface area contributed by atoms with Gasteiger partial charge < -0.3 is 15.1 Å². The second-order valence-electron chi connectivity index (χ2n) is 5.59. The molecule has 1 aliphatic heterocycles. The third-order valence-electron chi connectivity index (χ3n) is 3.40. The summed E-state index contributed by atoms with van der Waals surface area (Å²) in [5.41, 5.74) is 1.92. The third-order valence-corrected chi connectivity index (χ3v) is 3.40. The van der Waals surface area contributed by atoms with Crippen LogP contribution in [-0.4, -0.2) is 50.7 Å². The Kier molecular flexibility index (Phi) is 4.41. The van der Waals surface area contributed by atoms with Crippen molar-refractivity contribution in [2.45, 2.75) is 19.0 Å². The molecule has 2 unspecified atom stereocenters. The zero-order valence-electron chi connectivity index (χ0n) is 11.9. The Morgan fingerprint density at radius 3 is 2.58 bits per heavy atom. The number of nitriles is 1. The summed E-state index contributed by atoms with van der Waals surface area (Å²) in [6.45, 7) is 5.28. The van der Waals surface area contributed by atoms with Crippen molar-refractivity contribution in [3.8, 4) is 6.07 Å². The number of hydrogen-bond acceptors (Lipinski definition) is 4. The van der Waals surface area contributed by atoms with E-state index in [-0.39, 0.29) is 0 Å². The molecule has 4 heteroatoms. The van der Waals surface area contributed by atoms with E-state index in [2.05, 4.69) is 42.2 Å². The lowest BCUT2D eigenvalue weighted by atomic mass is 10.1. The monoisotopic (exact) mass is 258 g/mol. The van der Waals surface area contributed by atoms with Gasteiger partial charge in [-0.1, -0.05) is 0 Å². The van der Waals surface area contributed by atoms with Crippen molar-refractivity contribution in [3.63, 3.8) is 0 Å². The quantitative estimate of drug-likeness (QED) is 0.887. The van der Waals surface area contributed by atoms with Gasteiger partial charge in [0.25, 0.3) is 0 Å². The molecule has 0 radical (unpaired) electrons. The summed E-state index contributed by atoms with van der Waals surface area (Å²) in [6, 6.07) is 11.0. The van der Waals surface area contributed by atoms with Gasteiger partial charge in [0, 0.05) is 37.4 Å². The third kappa shape index (κ3) is 3.69. The minimum Gasteiger partial charge on any atom is -0.368 e. The number of anilines is 1. The van der Waals surface area contributed by atoms with E-state index in [0.29, 0.717) is 12.1 Å². The normalized spacial score (nSPS) is 23.4. The molecule has 0 aliphatic carbocycles. The van der Waals surface area contributed by atoms with Gasteiger partial charge in [-0.15, -0.1) is 0 Å². The zero-order valence-corrected chi connectivity index (χ0v) is 11.9. The van der Waals surface area contributed by atoms with E-state index in [0.717, 1.165) is 25.2 Å². The smallest absolute Gasteiger partial charge is 0.0991 e. The van der Waals surface area contributed by atoms with Crippen LogP contribution in [-0.2, 0) is 0 Å². The fourth-order valence-corrected chi connectivity index (χ4v) is 2.69. The number of rotatable bonds is 3. The van der Waals surface area contributed by atoms with Gasteiger partial charge in [-0.3, -0.25) is 0 Å². The number of benzene rings is 1. The first kappa shape index (κ1) is 13.9. The van der Waals surface area contributed by atoms with E-state index < -0.39 is 0 Å². The fraction of sp³-hybridized carbons (Fsp3) is 0.533. The molecule has 1 aliphatic rings. The minimum absolute atomic E-state index is 0.481. The van der Waals surface area contributed by atoms with Gasteiger partial charge in [0.2, 0.25) is 0 Å². The molecule has 102 valence electrons. The van der Waals surface area contributed by atoms with Crippen molar-refractivity contribution < 1.29 is 0 Å². The van der Waals surface area contributed by atoms with E-state index >= 15 is 0 Å². The highest BCUT2D eigenvalue weighted by atomic mass is 15.2. The highest BCUT2D eigenvalue weighted by Crippen LogP contribution is 2.18. The molecule has 1 aromatic rings. The van der Waals surface area contributed by atoms with Crippen molar-refractivity contribution in [1.82, 2.24) is 10.2 Å². The van der Waals surface area contributed by atoms with E-state index in [1.54, 1.807) is 0 Å². The lowest BCUT2D eigenvalue weighted by Crippen LogP contribution is -2.58. The van der Waals surface area contributed by atoms with Crippen LogP contribution in [0.25, 0.3) is 0 Å². The van der Waals surface area contributed by atoms with Gasteiger partial charge >= 0.3 is 0 Å². The van der Waals surface area contributed by atoms with Crippen LogP contribution in [0.15, 0.2) is 24.3 Å². The standard InChI is InChI=1S/C15H22N4/c1-12-9-19(11-14(17-12)10-18(2)3)15-6-4-13(8-16)5-7-15/h4-7,12,14,17H,9-11H2,1-3H3. The first-order valence-electron chi connectivity index (χ1n) is 6.74. The van der Waals surface area contributed by atoms with Crippen molar-refractivity contribution in [3.05, 3.63) is 29.8 Å². The Hall–Kier alpha value is -1.57.